The van der Waals surface area contributed by atoms with Gasteiger partial charge in [0.1, 0.15) is 17.1 Å². The van der Waals surface area contributed by atoms with Crippen molar-refractivity contribution in [3.63, 3.8) is 0 Å². The lowest BCUT2D eigenvalue weighted by atomic mass is 10.0. The molecule has 0 radical (unpaired) electrons. The number of nitrogens with one attached hydrogen (secondary N) is 3. The highest BCUT2D eigenvalue weighted by atomic mass is 16.5. The minimum atomic E-state index is -0.528. The molecule has 5 amide bonds. The smallest absolute Gasteiger partial charge is 0.323 e. The van der Waals surface area contributed by atoms with Crippen LogP contribution in [0.4, 0.5) is 21.0 Å². The number of carbonyl (C=O) groups is 3. The summed E-state index contributed by atoms with van der Waals surface area (Å²) < 4.78 is 17.7. The number of rotatable bonds is 7. The maximum Gasteiger partial charge on any atom is 0.323 e. The lowest BCUT2D eigenvalue weighted by Gasteiger charge is -2.36. The number of nitrogens with zero attached hydrogens (tertiary/aromatic N) is 3. The third kappa shape index (κ3) is 10.1. The molecule has 0 spiro atoms. The van der Waals surface area contributed by atoms with Gasteiger partial charge < -0.3 is 44.9 Å². The van der Waals surface area contributed by atoms with Gasteiger partial charge >= 0.3 is 12.1 Å². The summed E-state index contributed by atoms with van der Waals surface area (Å²) in [6.07, 6.45) is 1.86. The van der Waals surface area contributed by atoms with Gasteiger partial charge in [0.05, 0.1) is 30.4 Å². The molecule has 4 N–H and O–H groups in total. The SMILES string of the molecule is Cc1noc(C)c1NC(=O)Nc1ccc2c(c1)C(=O)N([C@H](C)CO)C[C@H](C)[C@@H](CN(C)C(=O)NC(C)C)OCCCC[C@H](C)O2. The summed E-state index contributed by atoms with van der Waals surface area (Å²) in [5, 5.41) is 22.5. The van der Waals surface area contributed by atoms with E-state index in [1.165, 1.54) is 0 Å². The lowest BCUT2D eigenvalue weighted by molar-refractivity contribution is -0.0122. The van der Waals surface area contributed by atoms with Crippen molar-refractivity contribution < 1.29 is 33.5 Å². The van der Waals surface area contributed by atoms with E-state index in [4.69, 9.17) is 14.0 Å². The Morgan fingerprint density at radius 1 is 1.16 bits per heavy atom. The van der Waals surface area contributed by atoms with Crippen molar-refractivity contribution in [1.82, 2.24) is 20.3 Å². The van der Waals surface area contributed by atoms with E-state index in [1.807, 2.05) is 27.7 Å². The topological polar surface area (TPSA) is 158 Å². The Kier molecular flexibility index (Phi) is 13.0. The van der Waals surface area contributed by atoms with E-state index in [0.29, 0.717) is 41.7 Å². The van der Waals surface area contributed by atoms with Gasteiger partial charge in [0.25, 0.3) is 5.91 Å². The van der Waals surface area contributed by atoms with Crippen LogP contribution in [0.1, 0.15) is 75.7 Å². The number of hydrogen-bond donors (Lipinski definition) is 4. The first kappa shape index (κ1) is 35.6. The number of fused-ring (bicyclic) bond motifs is 1. The van der Waals surface area contributed by atoms with Gasteiger partial charge in [0, 0.05) is 44.4 Å². The van der Waals surface area contributed by atoms with Gasteiger partial charge in [-0.25, -0.2) is 9.59 Å². The van der Waals surface area contributed by atoms with Crippen LogP contribution in [0.3, 0.4) is 0 Å². The van der Waals surface area contributed by atoms with Crippen molar-refractivity contribution in [3.8, 4) is 5.75 Å². The van der Waals surface area contributed by atoms with Crippen molar-refractivity contribution in [1.29, 1.82) is 0 Å². The number of likely N-dealkylation sites (N-methyl/N-ethyl adjacent to an activating group) is 1. The lowest BCUT2D eigenvalue weighted by Crippen LogP contribution is -2.49. The van der Waals surface area contributed by atoms with Crippen molar-refractivity contribution >= 4 is 29.3 Å². The predicted octanol–water partition coefficient (Wildman–Crippen LogP) is 4.78. The normalized spacial score (nSPS) is 20.4. The molecule has 2 aromatic rings. The molecule has 0 aliphatic carbocycles. The summed E-state index contributed by atoms with van der Waals surface area (Å²) in [5.41, 5.74) is 1.65. The molecule has 4 atom stereocenters. The number of urea groups is 2. The summed E-state index contributed by atoms with van der Waals surface area (Å²) in [5.74, 6) is 0.316. The molecular formula is C32H50N6O7. The molecule has 0 saturated heterocycles. The van der Waals surface area contributed by atoms with Crippen LogP contribution < -0.4 is 20.7 Å². The number of ether oxygens (including phenoxy) is 2. The van der Waals surface area contributed by atoms with Crippen molar-refractivity contribution in [2.75, 3.05) is 44.0 Å². The van der Waals surface area contributed by atoms with Crippen molar-refractivity contribution in [2.24, 2.45) is 5.92 Å². The van der Waals surface area contributed by atoms with E-state index in [0.717, 1.165) is 19.3 Å². The van der Waals surface area contributed by atoms with E-state index in [-0.39, 0.29) is 54.8 Å². The van der Waals surface area contributed by atoms with Crippen LogP contribution in [-0.4, -0.2) is 95.7 Å². The molecule has 0 saturated carbocycles. The van der Waals surface area contributed by atoms with Crippen LogP contribution in [-0.2, 0) is 4.74 Å². The molecule has 1 aliphatic heterocycles. The fourth-order valence-corrected chi connectivity index (χ4v) is 5.11. The summed E-state index contributed by atoms with van der Waals surface area (Å²) in [6, 6.07) is 3.69. The number of carbonyl (C=O) groups excluding carboxylic acids is 3. The molecule has 3 rings (SSSR count). The van der Waals surface area contributed by atoms with Crippen molar-refractivity contribution in [2.45, 2.75) is 92.0 Å². The Bertz CT molecular complexity index is 1280. The van der Waals surface area contributed by atoms with Gasteiger partial charge in [0.2, 0.25) is 0 Å². The minimum absolute atomic E-state index is 0.00794. The molecule has 0 bridgehead atoms. The predicted molar refractivity (Wildman–Crippen MR) is 172 cm³/mol. The second-order valence-electron chi connectivity index (χ2n) is 12.3. The summed E-state index contributed by atoms with van der Waals surface area (Å²) >= 11 is 0. The molecule has 45 heavy (non-hydrogen) atoms. The van der Waals surface area contributed by atoms with Gasteiger partial charge in [-0.15, -0.1) is 0 Å². The van der Waals surface area contributed by atoms with E-state index >= 15 is 0 Å². The number of anilines is 2. The largest absolute Gasteiger partial charge is 0.490 e. The average molecular weight is 631 g/mol. The second-order valence-corrected chi connectivity index (χ2v) is 12.3. The van der Waals surface area contributed by atoms with Crippen molar-refractivity contribution in [3.05, 3.63) is 35.2 Å². The van der Waals surface area contributed by atoms with Crippen LogP contribution in [0.15, 0.2) is 22.7 Å². The van der Waals surface area contributed by atoms with E-state index in [9.17, 15) is 19.5 Å². The molecule has 1 aromatic heterocycles. The Hall–Kier alpha value is -3.84. The molecule has 1 aromatic carbocycles. The zero-order valence-electron chi connectivity index (χ0n) is 27.8. The zero-order chi connectivity index (χ0) is 33.3. The van der Waals surface area contributed by atoms with Gasteiger partial charge in [-0.05, 0) is 79.0 Å². The average Bonchev–Trinajstić information content (AvgIpc) is 3.30. The van der Waals surface area contributed by atoms with Crippen LogP contribution in [0.2, 0.25) is 0 Å². The third-order valence-electron chi connectivity index (χ3n) is 7.79. The van der Waals surface area contributed by atoms with Gasteiger partial charge in [-0.3, -0.25) is 4.79 Å². The van der Waals surface area contributed by atoms with E-state index in [1.54, 1.807) is 55.8 Å². The molecule has 2 heterocycles. The molecule has 1 aliphatic rings. The summed E-state index contributed by atoms with van der Waals surface area (Å²) in [6.45, 7) is 13.8. The number of benzene rings is 1. The maximum atomic E-state index is 14.3. The van der Waals surface area contributed by atoms with Crippen LogP contribution in [0, 0.1) is 19.8 Å². The highest BCUT2D eigenvalue weighted by Gasteiger charge is 2.31. The molecule has 250 valence electrons. The van der Waals surface area contributed by atoms with E-state index in [2.05, 4.69) is 21.1 Å². The second kappa shape index (κ2) is 16.5. The summed E-state index contributed by atoms with van der Waals surface area (Å²) in [4.78, 5) is 43.0. The first-order chi connectivity index (χ1) is 21.3. The Morgan fingerprint density at radius 2 is 1.89 bits per heavy atom. The van der Waals surface area contributed by atoms with Crippen LogP contribution in [0.5, 0.6) is 5.75 Å². The zero-order valence-corrected chi connectivity index (χ0v) is 27.8. The summed E-state index contributed by atoms with van der Waals surface area (Å²) in [7, 11) is 1.73. The maximum absolute atomic E-state index is 14.3. The Morgan fingerprint density at radius 3 is 2.53 bits per heavy atom. The van der Waals surface area contributed by atoms with Crippen LogP contribution in [0.25, 0.3) is 0 Å². The fraction of sp³-hybridized carbons (Fsp3) is 0.625. The monoisotopic (exact) mass is 630 g/mol. The highest BCUT2D eigenvalue weighted by molar-refractivity contribution is 6.03. The number of aliphatic hydroxyl groups is 1. The number of aliphatic hydroxyl groups excluding tert-OH is 1. The minimum Gasteiger partial charge on any atom is -0.490 e. The Balaban J connectivity index is 1.93. The fourth-order valence-electron chi connectivity index (χ4n) is 5.11. The standard InChI is InChI=1S/C32H50N6O7/c1-19(2)33-32(42)37(8)17-28-20(3)16-38(21(4)18-39)30(40)26-15-25(34-31(41)35-29-23(6)36-45-24(29)7)12-13-27(26)44-22(5)11-9-10-14-43-28/h12-13,15,19-22,28,39H,9-11,14,16-18H2,1-8H3,(H,33,42)(H2,34,35,41)/t20-,21+,22-,28+/m0/s1. The number of hydrogen-bond acceptors (Lipinski definition) is 8. The first-order valence-corrected chi connectivity index (χ1v) is 15.7. The van der Waals surface area contributed by atoms with E-state index < -0.39 is 12.1 Å². The molecule has 13 nitrogen and oxygen atoms in total. The van der Waals surface area contributed by atoms with Gasteiger partial charge in [-0.1, -0.05) is 12.1 Å². The number of amides is 5. The third-order valence-corrected chi connectivity index (χ3v) is 7.79. The number of aromatic nitrogens is 1. The number of aryl methyl sites for hydroxylation is 2. The molecule has 0 fully saturated rings. The quantitative estimate of drug-likeness (QED) is 0.340. The van der Waals surface area contributed by atoms with Crippen LogP contribution >= 0.6 is 0 Å². The first-order valence-electron chi connectivity index (χ1n) is 15.7. The molecular weight excluding hydrogens is 580 g/mol. The van der Waals surface area contributed by atoms with Gasteiger partial charge in [0.15, 0.2) is 5.76 Å². The molecule has 0 unspecified atom stereocenters. The Labute approximate surface area is 266 Å². The molecule has 13 heteroatoms. The van der Waals surface area contributed by atoms with Gasteiger partial charge in [-0.2, -0.15) is 0 Å². The highest BCUT2D eigenvalue weighted by Crippen LogP contribution is 2.29.